The molecule has 1 aliphatic rings. The summed E-state index contributed by atoms with van der Waals surface area (Å²) in [6.45, 7) is 1.90. The average molecular weight is 506 g/mol. The van der Waals surface area contributed by atoms with E-state index in [1.165, 1.54) is 0 Å². The second kappa shape index (κ2) is 11.0. The smallest absolute Gasteiger partial charge is 0.308 e. The highest BCUT2D eigenvalue weighted by molar-refractivity contribution is 6.30. The molecule has 1 amide bonds. The van der Waals surface area contributed by atoms with Crippen molar-refractivity contribution in [2.24, 2.45) is 17.8 Å². The molecule has 1 aliphatic carbocycles. The van der Waals surface area contributed by atoms with Crippen LogP contribution in [0, 0.1) is 17.8 Å². The summed E-state index contributed by atoms with van der Waals surface area (Å²) in [6, 6.07) is 25.5. The fourth-order valence-electron chi connectivity index (χ4n) is 4.96. The molecule has 4 rings (SSSR count). The van der Waals surface area contributed by atoms with Gasteiger partial charge in [-0.1, -0.05) is 78.3 Å². The third-order valence-corrected chi connectivity index (χ3v) is 7.35. The number of rotatable bonds is 9. The van der Waals surface area contributed by atoms with Crippen LogP contribution < -0.4 is 5.32 Å². The van der Waals surface area contributed by atoms with Gasteiger partial charge in [0.1, 0.15) is 0 Å². The van der Waals surface area contributed by atoms with Crippen LogP contribution in [0.5, 0.6) is 0 Å². The molecule has 5 atom stereocenters. The number of carbonyl (C=O) groups excluding carboxylic acids is 1. The van der Waals surface area contributed by atoms with E-state index in [1.54, 1.807) is 0 Å². The van der Waals surface area contributed by atoms with Crippen LogP contribution in [0.4, 0.5) is 0 Å². The molecule has 0 spiro atoms. The van der Waals surface area contributed by atoms with Gasteiger partial charge in [-0.2, -0.15) is 0 Å². The lowest BCUT2D eigenvalue weighted by molar-refractivity contribution is -0.169. The van der Waals surface area contributed by atoms with E-state index in [2.05, 4.69) is 29.6 Å². The molecule has 3 aromatic rings. The zero-order chi connectivity index (χ0) is 25.8. The highest BCUT2D eigenvalue weighted by atomic mass is 35.5. The number of nitrogens with one attached hydrogen (secondary N) is 1. The Morgan fingerprint density at radius 1 is 0.861 bits per heavy atom. The van der Waals surface area contributed by atoms with Crippen LogP contribution in [0.15, 0.2) is 78.9 Å². The summed E-state index contributed by atoms with van der Waals surface area (Å²) in [5.74, 6) is -6.07. The van der Waals surface area contributed by atoms with Gasteiger partial charge in [-0.25, -0.2) is 0 Å². The zero-order valence-electron chi connectivity index (χ0n) is 19.8. The Balaban J connectivity index is 1.55. The third kappa shape index (κ3) is 5.60. The molecule has 3 N–H and O–H groups in total. The van der Waals surface area contributed by atoms with Crippen LogP contribution >= 0.6 is 11.6 Å². The number of carbonyl (C=O) groups is 3. The van der Waals surface area contributed by atoms with Gasteiger partial charge in [0.15, 0.2) is 0 Å². The Morgan fingerprint density at radius 2 is 1.47 bits per heavy atom. The Kier molecular flexibility index (Phi) is 7.75. The lowest BCUT2D eigenvalue weighted by Gasteiger charge is -2.39. The largest absolute Gasteiger partial charge is 0.481 e. The van der Waals surface area contributed by atoms with Gasteiger partial charge in [0.05, 0.1) is 17.8 Å². The van der Waals surface area contributed by atoms with Gasteiger partial charge < -0.3 is 15.5 Å². The van der Waals surface area contributed by atoms with Crippen molar-refractivity contribution in [3.05, 3.63) is 95.0 Å². The van der Waals surface area contributed by atoms with E-state index in [4.69, 9.17) is 11.6 Å². The Morgan fingerprint density at radius 3 is 2.06 bits per heavy atom. The van der Waals surface area contributed by atoms with E-state index < -0.39 is 35.6 Å². The second-order valence-electron chi connectivity index (χ2n) is 9.37. The molecule has 1 fully saturated rings. The number of amides is 1. The summed E-state index contributed by atoms with van der Waals surface area (Å²) in [5.41, 5.74) is 4.27. The molecule has 0 unspecified atom stereocenters. The Bertz CT molecular complexity index is 1230. The lowest BCUT2D eigenvalue weighted by atomic mass is 9.64. The molecule has 0 heterocycles. The van der Waals surface area contributed by atoms with Crippen molar-refractivity contribution in [1.82, 2.24) is 5.32 Å². The van der Waals surface area contributed by atoms with Gasteiger partial charge in [0.25, 0.3) is 0 Å². The number of carboxylic acids is 2. The predicted molar refractivity (Wildman–Crippen MR) is 138 cm³/mol. The number of benzene rings is 3. The second-order valence-corrected chi connectivity index (χ2v) is 9.81. The minimum absolute atomic E-state index is 0.0263. The minimum atomic E-state index is -1.25. The molecule has 1 saturated carbocycles. The molecule has 0 radical (unpaired) electrons. The number of halogens is 1. The van der Waals surface area contributed by atoms with Crippen LogP contribution in [0.3, 0.4) is 0 Å². The van der Waals surface area contributed by atoms with Crippen molar-refractivity contribution < 1.29 is 24.6 Å². The van der Waals surface area contributed by atoms with Gasteiger partial charge in [0.2, 0.25) is 5.91 Å². The van der Waals surface area contributed by atoms with E-state index in [9.17, 15) is 24.6 Å². The molecular formula is C29H28ClNO5. The zero-order valence-corrected chi connectivity index (χ0v) is 20.6. The number of hydrogen-bond acceptors (Lipinski definition) is 3. The van der Waals surface area contributed by atoms with Gasteiger partial charge in [0, 0.05) is 17.0 Å². The maximum atomic E-state index is 13.0. The van der Waals surface area contributed by atoms with Gasteiger partial charge >= 0.3 is 11.9 Å². The van der Waals surface area contributed by atoms with Gasteiger partial charge in [-0.15, -0.1) is 0 Å². The SMILES string of the molecule is C[C@H](NC(=O)[C@H]1C[C@H](C(=O)O)[C@H]1C(=O)O)[C@H](Cc1ccc(Cl)cc1)c1ccc(-c2ccccc2)cc1. The summed E-state index contributed by atoms with van der Waals surface area (Å²) in [5, 5.41) is 22.4. The molecule has 186 valence electrons. The summed E-state index contributed by atoms with van der Waals surface area (Å²) >= 11 is 6.06. The molecule has 0 aromatic heterocycles. The van der Waals surface area contributed by atoms with Gasteiger partial charge in [-0.05, 0) is 54.2 Å². The van der Waals surface area contributed by atoms with E-state index in [1.807, 2.05) is 61.5 Å². The first-order valence-electron chi connectivity index (χ1n) is 11.9. The topological polar surface area (TPSA) is 104 Å². The first-order valence-corrected chi connectivity index (χ1v) is 12.3. The van der Waals surface area contributed by atoms with E-state index in [0.29, 0.717) is 11.4 Å². The van der Waals surface area contributed by atoms with Crippen molar-refractivity contribution in [3.63, 3.8) is 0 Å². The number of hydrogen-bond donors (Lipinski definition) is 3. The normalized spacial score (nSPS) is 20.6. The molecule has 7 heteroatoms. The summed E-state index contributed by atoms with van der Waals surface area (Å²) < 4.78 is 0. The van der Waals surface area contributed by atoms with Gasteiger partial charge in [-0.3, -0.25) is 14.4 Å². The summed E-state index contributed by atoms with van der Waals surface area (Å²) in [7, 11) is 0. The van der Waals surface area contributed by atoms with E-state index in [-0.39, 0.29) is 18.4 Å². The van der Waals surface area contributed by atoms with Crippen molar-refractivity contribution in [3.8, 4) is 11.1 Å². The van der Waals surface area contributed by atoms with Crippen molar-refractivity contribution in [1.29, 1.82) is 0 Å². The standard InChI is InChI=1S/C29H28ClNO5/c1-17(31-27(32)24-16-25(28(33)34)26(24)29(35)36)23(15-18-7-13-22(30)14-8-18)21-11-9-20(10-12-21)19-5-3-2-4-6-19/h2-14,17,23-26H,15-16H2,1H3,(H,31,32)(H,33,34)(H,35,36)/t17-,23-,24-,25-,26-/m0/s1. The lowest BCUT2D eigenvalue weighted by Crippen LogP contribution is -2.54. The highest BCUT2D eigenvalue weighted by Crippen LogP contribution is 2.41. The van der Waals surface area contributed by atoms with Crippen molar-refractivity contribution in [2.45, 2.75) is 31.7 Å². The Hall–Kier alpha value is -3.64. The monoisotopic (exact) mass is 505 g/mol. The molecule has 3 aromatic carbocycles. The van der Waals surface area contributed by atoms with Crippen LogP contribution in [-0.4, -0.2) is 34.1 Å². The molecule has 36 heavy (non-hydrogen) atoms. The summed E-state index contributed by atoms with van der Waals surface area (Å²) in [6.07, 6.45) is 0.659. The van der Waals surface area contributed by atoms with E-state index in [0.717, 1.165) is 22.3 Å². The van der Waals surface area contributed by atoms with Crippen molar-refractivity contribution >= 4 is 29.4 Å². The number of carboxylic acid groups (broad SMARTS) is 2. The maximum absolute atomic E-state index is 13.0. The minimum Gasteiger partial charge on any atom is -0.481 e. The first kappa shape index (κ1) is 25.5. The fourth-order valence-corrected chi connectivity index (χ4v) is 5.09. The Labute approximate surface area is 214 Å². The fraction of sp³-hybridized carbons (Fsp3) is 0.276. The molecule has 0 saturated heterocycles. The molecule has 0 bridgehead atoms. The van der Waals surface area contributed by atoms with Crippen LogP contribution in [0.1, 0.15) is 30.4 Å². The number of aliphatic carboxylic acids is 2. The highest BCUT2D eigenvalue weighted by Gasteiger charge is 2.53. The van der Waals surface area contributed by atoms with Crippen molar-refractivity contribution in [2.75, 3.05) is 0 Å². The van der Waals surface area contributed by atoms with E-state index >= 15 is 0 Å². The molecular weight excluding hydrogens is 478 g/mol. The molecule has 0 aliphatic heterocycles. The first-order chi connectivity index (χ1) is 17.2. The van der Waals surface area contributed by atoms with Crippen LogP contribution in [-0.2, 0) is 20.8 Å². The van der Waals surface area contributed by atoms with Crippen LogP contribution in [0.2, 0.25) is 5.02 Å². The predicted octanol–water partition coefficient (Wildman–Crippen LogP) is 5.26. The molecule has 6 nitrogen and oxygen atoms in total. The quantitative estimate of drug-likeness (QED) is 0.368. The maximum Gasteiger partial charge on any atom is 0.308 e. The third-order valence-electron chi connectivity index (χ3n) is 7.10. The average Bonchev–Trinajstić information content (AvgIpc) is 2.83. The van der Waals surface area contributed by atoms with Crippen LogP contribution in [0.25, 0.3) is 11.1 Å². The summed E-state index contributed by atoms with van der Waals surface area (Å²) in [4.78, 5) is 36.0.